The van der Waals surface area contributed by atoms with E-state index in [9.17, 15) is 0 Å². The van der Waals surface area contributed by atoms with Crippen LogP contribution in [0, 0.1) is 13.8 Å². The fraction of sp³-hybridized carbons (Fsp3) is 0.250. The molecule has 0 radical (unpaired) electrons. The van der Waals surface area contributed by atoms with Gasteiger partial charge < -0.3 is 14.0 Å². The molecule has 0 aliphatic heterocycles. The van der Waals surface area contributed by atoms with Crippen LogP contribution in [-0.4, -0.2) is 43.4 Å². The number of ether oxygens (including phenoxy) is 2. The van der Waals surface area contributed by atoms with E-state index >= 15 is 0 Å². The molecule has 0 spiro atoms. The van der Waals surface area contributed by atoms with Crippen LogP contribution in [0.1, 0.15) is 16.8 Å². The third-order valence-electron chi connectivity index (χ3n) is 5.96. The predicted octanol–water partition coefficient (Wildman–Crippen LogP) is 4.02. The van der Waals surface area contributed by atoms with Crippen LogP contribution in [-0.2, 0) is 13.0 Å². The van der Waals surface area contributed by atoms with Crippen molar-refractivity contribution in [3.63, 3.8) is 0 Å². The van der Waals surface area contributed by atoms with E-state index in [2.05, 4.69) is 34.6 Å². The van der Waals surface area contributed by atoms with Crippen LogP contribution in [0.4, 0.5) is 0 Å². The molecule has 162 valence electrons. The second-order valence-corrected chi connectivity index (χ2v) is 7.68. The van der Waals surface area contributed by atoms with Gasteiger partial charge in [-0.25, -0.2) is 14.5 Å². The number of benzene rings is 1. The summed E-state index contributed by atoms with van der Waals surface area (Å²) in [6.45, 7) is 5.04. The Morgan fingerprint density at radius 1 is 0.938 bits per heavy atom. The number of aromatic nitrogens is 6. The van der Waals surface area contributed by atoms with Crippen LogP contribution in [0.5, 0.6) is 11.5 Å². The van der Waals surface area contributed by atoms with Gasteiger partial charge in [-0.05, 0) is 55.7 Å². The molecule has 32 heavy (non-hydrogen) atoms. The Bertz CT molecular complexity index is 1420. The van der Waals surface area contributed by atoms with Crippen molar-refractivity contribution in [2.24, 2.45) is 0 Å². The normalized spacial score (nSPS) is 11.4. The maximum Gasteiger partial charge on any atom is 0.182 e. The van der Waals surface area contributed by atoms with E-state index in [1.54, 1.807) is 37.5 Å². The van der Waals surface area contributed by atoms with Crippen LogP contribution in [0.3, 0.4) is 0 Å². The number of rotatable bonds is 6. The summed E-state index contributed by atoms with van der Waals surface area (Å²) in [5.74, 6) is 2.13. The summed E-state index contributed by atoms with van der Waals surface area (Å²) in [4.78, 5) is 13.6. The zero-order valence-electron chi connectivity index (χ0n) is 18.5. The van der Waals surface area contributed by atoms with Gasteiger partial charge in [-0.3, -0.25) is 4.98 Å². The lowest BCUT2D eigenvalue weighted by atomic mass is 10.1. The van der Waals surface area contributed by atoms with E-state index in [0.717, 1.165) is 46.7 Å². The molecule has 4 heterocycles. The number of nitrogens with zero attached hydrogens (tertiary/aromatic N) is 6. The van der Waals surface area contributed by atoms with Gasteiger partial charge in [0.25, 0.3) is 0 Å². The van der Waals surface area contributed by atoms with Crippen molar-refractivity contribution in [1.82, 2.24) is 29.1 Å². The number of hydrogen-bond acceptors (Lipinski definition) is 6. The molecule has 5 rings (SSSR count). The first-order valence-corrected chi connectivity index (χ1v) is 10.4. The van der Waals surface area contributed by atoms with Crippen LogP contribution < -0.4 is 9.47 Å². The zero-order valence-corrected chi connectivity index (χ0v) is 18.5. The Morgan fingerprint density at radius 2 is 1.72 bits per heavy atom. The third-order valence-corrected chi connectivity index (χ3v) is 5.96. The van der Waals surface area contributed by atoms with E-state index in [4.69, 9.17) is 19.4 Å². The minimum Gasteiger partial charge on any atom is -0.493 e. The summed E-state index contributed by atoms with van der Waals surface area (Å²) in [6.07, 6.45) is 6.07. The van der Waals surface area contributed by atoms with Crippen molar-refractivity contribution in [3.8, 4) is 22.9 Å². The van der Waals surface area contributed by atoms with Crippen molar-refractivity contribution in [2.75, 3.05) is 14.2 Å². The quantitative estimate of drug-likeness (QED) is 0.406. The monoisotopic (exact) mass is 428 g/mol. The minimum absolute atomic E-state index is 0.664. The highest BCUT2D eigenvalue weighted by atomic mass is 16.5. The molecule has 0 amide bonds. The number of methoxy groups -OCH3 is 2. The standard InChI is InChI=1S/C24H24N6O2/c1-15-16(2)29(12-9-17-5-6-19(31-3)20(13-17)32-4)23-21(15)24-27-22(28-30(24)14-26-23)18-7-10-25-11-8-18/h5-8,10-11,13-14H,9,12H2,1-4H3. The summed E-state index contributed by atoms with van der Waals surface area (Å²) in [5, 5.41) is 5.65. The minimum atomic E-state index is 0.664. The van der Waals surface area contributed by atoms with Crippen LogP contribution >= 0.6 is 0 Å². The maximum absolute atomic E-state index is 5.45. The lowest BCUT2D eigenvalue weighted by molar-refractivity contribution is 0.354. The molecule has 0 saturated heterocycles. The number of hydrogen-bond donors (Lipinski definition) is 0. The Balaban J connectivity index is 1.54. The molecule has 0 N–H and O–H groups in total. The van der Waals surface area contributed by atoms with Gasteiger partial charge in [-0.1, -0.05) is 6.07 Å². The first kappa shape index (κ1) is 20.0. The molecular formula is C24H24N6O2. The smallest absolute Gasteiger partial charge is 0.182 e. The van der Waals surface area contributed by atoms with Gasteiger partial charge in [-0.2, -0.15) is 0 Å². The summed E-state index contributed by atoms with van der Waals surface area (Å²) in [5.41, 5.74) is 6.17. The van der Waals surface area contributed by atoms with Crippen molar-refractivity contribution in [3.05, 3.63) is 65.9 Å². The van der Waals surface area contributed by atoms with Crippen molar-refractivity contribution >= 4 is 16.7 Å². The Kier molecular flexibility index (Phi) is 4.97. The maximum atomic E-state index is 5.45. The van der Waals surface area contributed by atoms with E-state index in [1.807, 2.05) is 24.3 Å². The van der Waals surface area contributed by atoms with E-state index in [-0.39, 0.29) is 0 Å². The van der Waals surface area contributed by atoms with Crippen LogP contribution in [0.25, 0.3) is 28.1 Å². The summed E-state index contributed by atoms with van der Waals surface area (Å²) in [6, 6.07) is 9.86. The molecule has 8 heteroatoms. The van der Waals surface area contributed by atoms with Crippen LogP contribution in [0.15, 0.2) is 49.1 Å². The number of pyridine rings is 1. The second-order valence-electron chi connectivity index (χ2n) is 7.68. The predicted molar refractivity (Wildman–Crippen MR) is 122 cm³/mol. The molecule has 4 aromatic heterocycles. The molecule has 0 aliphatic rings. The van der Waals surface area contributed by atoms with E-state index < -0.39 is 0 Å². The first-order chi connectivity index (χ1) is 15.6. The molecule has 0 atom stereocenters. The SMILES string of the molecule is COc1ccc(CCn2c(C)c(C)c3c2ncn2nc(-c4ccncc4)nc32)cc1OC. The number of fused-ring (bicyclic) bond motifs is 3. The van der Waals surface area contributed by atoms with Gasteiger partial charge in [0.2, 0.25) is 0 Å². The molecule has 0 saturated carbocycles. The van der Waals surface area contributed by atoms with Gasteiger partial charge in [0.05, 0.1) is 19.6 Å². The molecule has 0 fully saturated rings. The fourth-order valence-corrected chi connectivity index (χ4v) is 4.10. The largest absolute Gasteiger partial charge is 0.493 e. The Labute approximate surface area is 185 Å². The third kappa shape index (κ3) is 3.24. The first-order valence-electron chi connectivity index (χ1n) is 10.4. The van der Waals surface area contributed by atoms with Gasteiger partial charge in [-0.15, -0.1) is 5.10 Å². The molecule has 0 unspecified atom stereocenters. The van der Waals surface area contributed by atoms with Gasteiger partial charge >= 0.3 is 0 Å². The molecular weight excluding hydrogens is 404 g/mol. The molecule has 0 aliphatic carbocycles. The molecule has 0 bridgehead atoms. The molecule has 8 nitrogen and oxygen atoms in total. The Morgan fingerprint density at radius 3 is 2.47 bits per heavy atom. The topological polar surface area (TPSA) is 79.4 Å². The average molecular weight is 428 g/mol. The van der Waals surface area contributed by atoms with Gasteiger partial charge in [0.15, 0.2) is 23.0 Å². The van der Waals surface area contributed by atoms with Gasteiger partial charge in [0, 0.05) is 30.2 Å². The summed E-state index contributed by atoms with van der Waals surface area (Å²) in [7, 11) is 3.30. The van der Waals surface area contributed by atoms with E-state index in [1.165, 1.54) is 16.8 Å². The lowest BCUT2D eigenvalue weighted by Gasteiger charge is -2.11. The molecule has 1 aromatic carbocycles. The lowest BCUT2D eigenvalue weighted by Crippen LogP contribution is -2.05. The highest BCUT2D eigenvalue weighted by Gasteiger charge is 2.18. The zero-order chi connectivity index (χ0) is 22.2. The Hall–Kier alpha value is -3.94. The second kappa shape index (κ2) is 7.96. The van der Waals surface area contributed by atoms with Crippen LogP contribution in [0.2, 0.25) is 0 Å². The fourth-order valence-electron chi connectivity index (χ4n) is 4.10. The van der Waals surface area contributed by atoms with Crippen molar-refractivity contribution < 1.29 is 9.47 Å². The number of aryl methyl sites for hydroxylation is 3. The summed E-state index contributed by atoms with van der Waals surface area (Å²) < 4.78 is 14.8. The summed E-state index contributed by atoms with van der Waals surface area (Å²) >= 11 is 0. The molecule has 5 aromatic rings. The highest BCUT2D eigenvalue weighted by Crippen LogP contribution is 2.30. The highest BCUT2D eigenvalue weighted by molar-refractivity contribution is 5.94. The average Bonchev–Trinajstić information content (AvgIpc) is 3.37. The van der Waals surface area contributed by atoms with Crippen molar-refractivity contribution in [2.45, 2.75) is 26.8 Å². The van der Waals surface area contributed by atoms with E-state index in [0.29, 0.717) is 5.82 Å². The van der Waals surface area contributed by atoms with Crippen molar-refractivity contribution in [1.29, 1.82) is 0 Å². The van der Waals surface area contributed by atoms with Gasteiger partial charge in [0.1, 0.15) is 12.0 Å².